The maximum atomic E-state index is 12.2. The summed E-state index contributed by atoms with van der Waals surface area (Å²) in [5, 5.41) is 12.9. The summed E-state index contributed by atoms with van der Waals surface area (Å²) < 4.78 is 0. The second kappa shape index (κ2) is 5.92. The van der Waals surface area contributed by atoms with E-state index >= 15 is 0 Å². The first-order valence-corrected chi connectivity index (χ1v) is 6.78. The van der Waals surface area contributed by atoms with E-state index in [1.807, 2.05) is 0 Å². The van der Waals surface area contributed by atoms with Gasteiger partial charge in [0.2, 0.25) is 0 Å². The van der Waals surface area contributed by atoms with Gasteiger partial charge in [0.15, 0.2) is 0 Å². The van der Waals surface area contributed by atoms with Crippen molar-refractivity contribution in [2.75, 3.05) is 5.32 Å². The molecule has 0 spiro atoms. The Morgan fingerprint density at radius 1 is 1.10 bits per heavy atom. The van der Waals surface area contributed by atoms with Crippen LogP contribution in [0.2, 0.25) is 15.1 Å². The maximum Gasteiger partial charge on any atom is 0.257 e. The third kappa shape index (κ3) is 3.01. The highest BCUT2D eigenvalue weighted by molar-refractivity contribution is 6.41. The van der Waals surface area contributed by atoms with Crippen LogP contribution in [0.25, 0.3) is 0 Å². The lowest BCUT2D eigenvalue weighted by Crippen LogP contribution is -2.13. The molecule has 6 heteroatoms. The summed E-state index contributed by atoms with van der Waals surface area (Å²) in [7, 11) is 0. The van der Waals surface area contributed by atoms with Crippen LogP contribution in [0.5, 0.6) is 5.75 Å². The van der Waals surface area contributed by atoms with Crippen LogP contribution in [0.15, 0.2) is 30.3 Å². The second-order valence-electron chi connectivity index (χ2n) is 4.17. The number of nitrogens with one attached hydrogen (secondary N) is 1. The Labute approximate surface area is 131 Å². The third-order valence-electron chi connectivity index (χ3n) is 2.72. The predicted octanol–water partition coefficient (Wildman–Crippen LogP) is 4.91. The Balaban J connectivity index is 2.38. The number of aryl methyl sites for hydroxylation is 1. The zero-order chi connectivity index (χ0) is 14.9. The van der Waals surface area contributed by atoms with E-state index in [0.717, 1.165) is 5.56 Å². The molecule has 0 aliphatic heterocycles. The first-order chi connectivity index (χ1) is 9.40. The van der Waals surface area contributed by atoms with E-state index in [9.17, 15) is 9.90 Å². The van der Waals surface area contributed by atoms with Gasteiger partial charge in [-0.1, -0.05) is 40.9 Å². The highest BCUT2D eigenvalue weighted by Gasteiger charge is 2.16. The van der Waals surface area contributed by atoms with E-state index in [1.165, 1.54) is 18.2 Å². The normalized spacial score (nSPS) is 10.4. The van der Waals surface area contributed by atoms with Crippen molar-refractivity contribution in [2.24, 2.45) is 0 Å². The summed E-state index contributed by atoms with van der Waals surface area (Å²) in [6.07, 6.45) is 0. The van der Waals surface area contributed by atoms with Crippen LogP contribution in [-0.2, 0) is 0 Å². The molecule has 2 aromatic carbocycles. The van der Waals surface area contributed by atoms with Crippen molar-refractivity contribution in [2.45, 2.75) is 6.92 Å². The number of carbonyl (C=O) groups excluding carboxylic acids is 1. The summed E-state index contributed by atoms with van der Waals surface area (Å²) >= 11 is 18.1. The number of hydrogen-bond acceptors (Lipinski definition) is 2. The van der Waals surface area contributed by atoms with Crippen molar-refractivity contribution in [3.05, 3.63) is 56.5 Å². The predicted molar refractivity (Wildman–Crippen MR) is 82.3 cm³/mol. The minimum Gasteiger partial charge on any atom is -0.508 e. The molecule has 0 radical (unpaired) electrons. The molecule has 1 amide bonds. The van der Waals surface area contributed by atoms with Crippen LogP contribution in [-0.4, -0.2) is 11.0 Å². The van der Waals surface area contributed by atoms with Crippen LogP contribution in [0.3, 0.4) is 0 Å². The fourth-order valence-electron chi connectivity index (χ4n) is 1.64. The van der Waals surface area contributed by atoms with Gasteiger partial charge in [-0.3, -0.25) is 4.79 Å². The zero-order valence-corrected chi connectivity index (χ0v) is 12.6. The first kappa shape index (κ1) is 15.0. The molecular weight excluding hydrogens is 321 g/mol. The topological polar surface area (TPSA) is 49.3 Å². The molecule has 0 atom stereocenters. The molecule has 0 saturated heterocycles. The third-order valence-corrected chi connectivity index (χ3v) is 3.85. The molecule has 0 bridgehead atoms. The van der Waals surface area contributed by atoms with Gasteiger partial charge in [-0.25, -0.2) is 0 Å². The van der Waals surface area contributed by atoms with Gasteiger partial charge < -0.3 is 10.4 Å². The molecule has 0 aliphatic carbocycles. The largest absolute Gasteiger partial charge is 0.508 e. The number of hydrogen-bond donors (Lipinski definition) is 2. The van der Waals surface area contributed by atoms with Gasteiger partial charge in [0.05, 0.1) is 26.3 Å². The number of halogens is 3. The standard InChI is InChI=1S/C14H10Cl3NO2/c1-7-2-4-11(16)13(12(7)17)18-14(20)9-6-8(19)3-5-10(9)15/h2-6,19H,1H3,(H,18,20). The molecule has 2 rings (SSSR count). The zero-order valence-electron chi connectivity index (χ0n) is 10.4. The van der Waals surface area contributed by atoms with Crippen molar-refractivity contribution in [1.29, 1.82) is 0 Å². The Morgan fingerprint density at radius 3 is 2.45 bits per heavy atom. The number of anilines is 1. The number of phenolic OH excluding ortho intramolecular Hbond substituents is 1. The van der Waals surface area contributed by atoms with E-state index in [2.05, 4.69) is 5.32 Å². The van der Waals surface area contributed by atoms with Crippen molar-refractivity contribution < 1.29 is 9.90 Å². The quantitative estimate of drug-likeness (QED) is 0.821. The van der Waals surface area contributed by atoms with Gasteiger partial charge in [-0.15, -0.1) is 0 Å². The number of carbonyl (C=O) groups is 1. The number of aromatic hydroxyl groups is 1. The fourth-order valence-corrected chi connectivity index (χ4v) is 2.31. The van der Waals surface area contributed by atoms with Gasteiger partial charge in [0.1, 0.15) is 5.75 Å². The highest BCUT2D eigenvalue weighted by Crippen LogP contribution is 2.33. The Morgan fingerprint density at radius 2 is 1.75 bits per heavy atom. The summed E-state index contributed by atoms with van der Waals surface area (Å²) in [5.41, 5.74) is 1.24. The lowest BCUT2D eigenvalue weighted by atomic mass is 10.1. The molecule has 0 heterocycles. The molecule has 0 fully saturated rings. The average molecular weight is 331 g/mol. The van der Waals surface area contributed by atoms with Crippen LogP contribution in [0, 0.1) is 6.92 Å². The second-order valence-corrected chi connectivity index (χ2v) is 5.36. The monoisotopic (exact) mass is 329 g/mol. The number of rotatable bonds is 2. The van der Waals surface area contributed by atoms with Gasteiger partial charge in [0.25, 0.3) is 5.91 Å². The molecule has 0 saturated carbocycles. The van der Waals surface area contributed by atoms with Crippen LogP contribution in [0.4, 0.5) is 5.69 Å². The molecule has 0 aliphatic rings. The van der Waals surface area contributed by atoms with Crippen LogP contribution >= 0.6 is 34.8 Å². The molecule has 20 heavy (non-hydrogen) atoms. The van der Waals surface area contributed by atoms with Gasteiger partial charge in [-0.2, -0.15) is 0 Å². The highest BCUT2D eigenvalue weighted by atomic mass is 35.5. The summed E-state index contributed by atoms with van der Waals surface area (Å²) in [5.74, 6) is -0.554. The Bertz CT molecular complexity index is 686. The summed E-state index contributed by atoms with van der Waals surface area (Å²) in [6, 6.07) is 7.50. The minimum atomic E-state index is -0.500. The molecule has 0 aromatic heterocycles. The van der Waals surface area contributed by atoms with Gasteiger partial charge >= 0.3 is 0 Å². The Kier molecular flexibility index (Phi) is 4.43. The average Bonchev–Trinajstić information content (AvgIpc) is 2.41. The van der Waals surface area contributed by atoms with Crippen molar-refractivity contribution in [3.8, 4) is 5.75 Å². The van der Waals surface area contributed by atoms with Crippen molar-refractivity contribution >= 4 is 46.4 Å². The van der Waals surface area contributed by atoms with Crippen molar-refractivity contribution in [3.63, 3.8) is 0 Å². The number of amides is 1. The molecule has 104 valence electrons. The summed E-state index contributed by atoms with van der Waals surface area (Å²) in [4.78, 5) is 12.2. The molecule has 2 N–H and O–H groups in total. The molecule has 2 aromatic rings. The lowest BCUT2D eigenvalue weighted by Gasteiger charge is -2.12. The number of phenols is 1. The smallest absolute Gasteiger partial charge is 0.257 e. The molecule has 0 unspecified atom stereocenters. The van der Waals surface area contributed by atoms with E-state index in [1.54, 1.807) is 19.1 Å². The first-order valence-electron chi connectivity index (χ1n) is 5.64. The van der Waals surface area contributed by atoms with Gasteiger partial charge in [0, 0.05) is 0 Å². The number of benzene rings is 2. The SMILES string of the molecule is Cc1ccc(Cl)c(NC(=O)c2cc(O)ccc2Cl)c1Cl. The van der Waals surface area contributed by atoms with Crippen molar-refractivity contribution in [1.82, 2.24) is 0 Å². The van der Waals surface area contributed by atoms with E-state index in [4.69, 9.17) is 34.8 Å². The van der Waals surface area contributed by atoms with Crippen LogP contribution in [0.1, 0.15) is 15.9 Å². The van der Waals surface area contributed by atoms with E-state index in [0.29, 0.717) is 15.7 Å². The minimum absolute atomic E-state index is 0.0546. The maximum absolute atomic E-state index is 12.2. The summed E-state index contributed by atoms with van der Waals surface area (Å²) in [6.45, 7) is 1.80. The molecular formula is C14H10Cl3NO2. The Hall–Kier alpha value is -1.42. The fraction of sp³-hybridized carbons (Fsp3) is 0.0714. The van der Waals surface area contributed by atoms with E-state index in [-0.39, 0.29) is 16.3 Å². The lowest BCUT2D eigenvalue weighted by molar-refractivity contribution is 0.102. The van der Waals surface area contributed by atoms with Gasteiger partial charge in [-0.05, 0) is 36.8 Å². The van der Waals surface area contributed by atoms with E-state index < -0.39 is 5.91 Å². The molecule has 3 nitrogen and oxygen atoms in total. The van der Waals surface area contributed by atoms with Crippen LogP contribution < -0.4 is 5.32 Å².